The predicted octanol–water partition coefficient (Wildman–Crippen LogP) is 8.22. The average Bonchev–Trinajstić information content (AvgIpc) is 2.98. The van der Waals surface area contributed by atoms with Gasteiger partial charge < -0.3 is 14.3 Å². The van der Waals surface area contributed by atoms with Gasteiger partial charge in [0.15, 0.2) is 8.32 Å². The summed E-state index contributed by atoms with van der Waals surface area (Å²) in [6.07, 6.45) is -1.76. The Morgan fingerprint density at radius 3 is 2.38 bits per heavy atom. The lowest BCUT2D eigenvalue weighted by Crippen LogP contribution is -2.49. The highest BCUT2D eigenvalue weighted by Crippen LogP contribution is 2.39. The van der Waals surface area contributed by atoms with Crippen LogP contribution in [0.15, 0.2) is 60.7 Å². The highest BCUT2D eigenvalue weighted by Gasteiger charge is 2.38. The predicted molar refractivity (Wildman–Crippen MR) is 172 cm³/mol. The second kappa shape index (κ2) is 13.7. The van der Waals surface area contributed by atoms with Crippen molar-refractivity contribution in [1.29, 1.82) is 5.26 Å². The van der Waals surface area contributed by atoms with Crippen molar-refractivity contribution in [2.45, 2.75) is 64.3 Å². The second-order valence-electron chi connectivity index (χ2n) is 12.7. The van der Waals surface area contributed by atoms with Gasteiger partial charge in [-0.25, -0.2) is 0 Å². The van der Waals surface area contributed by atoms with E-state index in [0.717, 1.165) is 11.6 Å². The van der Waals surface area contributed by atoms with Crippen molar-refractivity contribution in [3.63, 3.8) is 0 Å². The number of nitrogens with zero attached hydrogens (tertiary/aromatic N) is 2. The fraction of sp³-hybridized carbons (Fsp3) is 0.371. The third-order valence-electron chi connectivity index (χ3n) is 8.71. The Morgan fingerprint density at radius 2 is 1.76 bits per heavy atom. The molecule has 0 spiro atoms. The van der Waals surface area contributed by atoms with Gasteiger partial charge in [-0.05, 0) is 58.1 Å². The number of alkyl halides is 3. The normalized spacial score (nSPS) is 16.6. The molecule has 0 aromatic heterocycles. The molecule has 3 aromatic rings. The maximum Gasteiger partial charge on any atom is 0.416 e. The zero-order chi connectivity index (χ0) is 33.0. The van der Waals surface area contributed by atoms with Gasteiger partial charge >= 0.3 is 12.1 Å². The van der Waals surface area contributed by atoms with Crippen LogP contribution in [0.3, 0.4) is 0 Å². The Morgan fingerprint density at radius 1 is 1.07 bits per heavy atom. The van der Waals surface area contributed by atoms with E-state index >= 15 is 0 Å². The van der Waals surface area contributed by atoms with Crippen molar-refractivity contribution in [2.75, 3.05) is 19.8 Å². The lowest BCUT2D eigenvalue weighted by atomic mass is 9.94. The number of nitriles is 1. The molecule has 1 atom stereocenters. The van der Waals surface area contributed by atoms with Crippen LogP contribution in [0.25, 0.3) is 23.3 Å². The molecule has 238 valence electrons. The molecule has 0 saturated carbocycles. The first kappa shape index (κ1) is 34.1. The summed E-state index contributed by atoms with van der Waals surface area (Å²) in [5.41, 5.74) is 2.38. The Kier molecular flexibility index (Phi) is 10.4. The fourth-order valence-electron chi connectivity index (χ4n) is 4.99. The number of hydrogen-bond donors (Lipinski definition) is 1. The number of morpholine rings is 1. The van der Waals surface area contributed by atoms with E-state index in [1.54, 1.807) is 17.0 Å². The Balaban J connectivity index is 1.82. The summed E-state index contributed by atoms with van der Waals surface area (Å²) >= 11 is 0. The summed E-state index contributed by atoms with van der Waals surface area (Å²) < 4.78 is 55.6. The third kappa shape index (κ3) is 8.10. The molecule has 1 saturated heterocycles. The van der Waals surface area contributed by atoms with Crippen molar-refractivity contribution in [3.8, 4) is 17.2 Å². The topological polar surface area (TPSA) is 82.8 Å². The van der Waals surface area contributed by atoms with Crippen molar-refractivity contribution >= 4 is 26.4 Å². The van der Waals surface area contributed by atoms with Crippen LogP contribution in [0.1, 0.15) is 54.2 Å². The lowest BCUT2D eigenvalue weighted by Gasteiger charge is -2.37. The van der Waals surface area contributed by atoms with E-state index in [1.807, 2.05) is 36.4 Å². The lowest BCUT2D eigenvalue weighted by molar-refractivity contribution is -0.150. The minimum absolute atomic E-state index is 0.00129. The molecule has 0 radical (unpaired) electrons. The first-order chi connectivity index (χ1) is 21.1. The van der Waals surface area contributed by atoms with E-state index in [0.29, 0.717) is 27.8 Å². The molecule has 45 heavy (non-hydrogen) atoms. The van der Waals surface area contributed by atoms with Crippen LogP contribution in [0.4, 0.5) is 13.2 Å². The largest absolute Gasteiger partial charge is 0.480 e. The minimum atomic E-state index is -4.69. The zero-order valence-electron chi connectivity index (χ0n) is 26.2. The number of benzene rings is 3. The number of halogens is 3. The van der Waals surface area contributed by atoms with E-state index in [1.165, 1.54) is 18.2 Å². The van der Waals surface area contributed by atoms with Crippen LogP contribution in [0.2, 0.25) is 18.1 Å². The molecule has 1 N–H and O–H groups in total. The maximum atomic E-state index is 14.6. The van der Waals surface area contributed by atoms with E-state index < -0.39 is 32.1 Å². The summed E-state index contributed by atoms with van der Waals surface area (Å²) in [4.78, 5) is 13.6. The summed E-state index contributed by atoms with van der Waals surface area (Å²) in [5, 5.41) is 19.6. The minimum Gasteiger partial charge on any atom is -0.480 e. The Bertz CT molecular complexity index is 1590. The average molecular weight is 637 g/mol. The van der Waals surface area contributed by atoms with Gasteiger partial charge in [-0.2, -0.15) is 18.4 Å². The standard InChI is InChI=1S/C35H39F3N2O4Si/c1-34(2,3)45(4,5)44-22-28-18-26(15-14-25-12-9-13-29(30(25)20-39)24-10-7-6-8-11-24)31(35(36,37)38)19-27(28)21-40-16-17-43-23-32(40)33(41)42/h6-15,18-19,32H,16-17,21-23H2,1-5H3,(H,41,42)/b15-14+/t32-/m0/s1. The number of rotatable bonds is 9. The first-order valence-corrected chi connectivity index (χ1v) is 17.7. The smallest absolute Gasteiger partial charge is 0.416 e. The summed E-state index contributed by atoms with van der Waals surface area (Å²) in [7, 11) is -2.29. The van der Waals surface area contributed by atoms with Crippen LogP contribution >= 0.6 is 0 Å². The molecule has 10 heteroatoms. The van der Waals surface area contributed by atoms with Crippen LogP contribution in [0.5, 0.6) is 0 Å². The highest BCUT2D eigenvalue weighted by atomic mass is 28.4. The monoisotopic (exact) mass is 636 g/mol. The van der Waals surface area contributed by atoms with Crippen molar-refractivity contribution in [2.24, 2.45) is 0 Å². The molecule has 1 aliphatic heterocycles. The van der Waals surface area contributed by atoms with Gasteiger partial charge in [-0.15, -0.1) is 0 Å². The summed E-state index contributed by atoms with van der Waals surface area (Å²) in [6, 6.07) is 18.5. The molecule has 0 amide bonds. The van der Waals surface area contributed by atoms with Crippen LogP contribution in [-0.4, -0.2) is 50.1 Å². The van der Waals surface area contributed by atoms with E-state index in [9.17, 15) is 28.3 Å². The molecule has 1 aliphatic rings. The number of aliphatic carboxylic acids is 1. The number of ether oxygens (including phenoxy) is 1. The van der Waals surface area contributed by atoms with Gasteiger partial charge in [0.25, 0.3) is 0 Å². The van der Waals surface area contributed by atoms with Gasteiger partial charge in [0.2, 0.25) is 0 Å². The number of carboxylic acids is 1. The molecule has 6 nitrogen and oxygen atoms in total. The van der Waals surface area contributed by atoms with Crippen LogP contribution in [0, 0.1) is 11.3 Å². The van der Waals surface area contributed by atoms with Crippen molar-refractivity contribution in [1.82, 2.24) is 4.90 Å². The van der Waals surface area contributed by atoms with E-state index in [4.69, 9.17) is 9.16 Å². The van der Waals surface area contributed by atoms with Crippen molar-refractivity contribution < 1.29 is 32.2 Å². The Hall–Kier alpha value is -3.75. The van der Waals surface area contributed by atoms with Gasteiger partial charge in [-0.3, -0.25) is 9.69 Å². The van der Waals surface area contributed by atoms with Gasteiger partial charge in [0.1, 0.15) is 12.1 Å². The quantitative estimate of drug-likeness (QED) is 0.188. The number of carboxylic acid groups (broad SMARTS) is 1. The van der Waals surface area contributed by atoms with Crippen LogP contribution in [-0.2, 0) is 33.3 Å². The molecule has 1 heterocycles. The zero-order valence-corrected chi connectivity index (χ0v) is 27.2. The molecular weight excluding hydrogens is 597 g/mol. The first-order valence-electron chi connectivity index (χ1n) is 14.8. The SMILES string of the molecule is CC(C)(C)[Si](C)(C)OCc1cc(/C=C/c2cccc(-c3ccccc3)c2C#N)c(C(F)(F)F)cc1CN1CCOC[C@H]1C(=O)O. The van der Waals surface area contributed by atoms with Gasteiger partial charge in [0.05, 0.1) is 30.9 Å². The maximum absolute atomic E-state index is 14.6. The molecule has 0 unspecified atom stereocenters. The number of carbonyl (C=O) groups is 1. The summed E-state index contributed by atoms with van der Waals surface area (Å²) in [6.45, 7) is 11.0. The van der Waals surface area contributed by atoms with E-state index in [-0.39, 0.29) is 43.5 Å². The molecule has 3 aromatic carbocycles. The molecule has 4 rings (SSSR count). The molecule has 0 aliphatic carbocycles. The van der Waals surface area contributed by atoms with Gasteiger partial charge in [-0.1, -0.05) is 81.5 Å². The molecule has 0 bridgehead atoms. The molecular formula is C35H39F3N2O4Si. The summed E-state index contributed by atoms with van der Waals surface area (Å²) in [5.74, 6) is -1.09. The van der Waals surface area contributed by atoms with Crippen LogP contribution < -0.4 is 0 Å². The van der Waals surface area contributed by atoms with Gasteiger partial charge in [0, 0.05) is 18.7 Å². The van der Waals surface area contributed by atoms with E-state index in [2.05, 4.69) is 39.9 Å². The molecule has 1 fully saturated rings. The fourth-order valence-corrected chi connectivity index (χ4v) is 5.94. The van der Waals surface area contributed by atoms with Crippen molar-refractivity contribution in [3.05, 3.63) is 94.0 Å². The third-order valence-corrected chi connectivity index (χ3v) is 13.2. The Labute approximate surface area is 263 Å². The highest BCUT2D eigenvalue weighted by molar-refractivity contribution is 6.74. The second-order valence-corrected chi connectivity index (χ2v) is 17.5. The number of hydrogen-bond acceptors (Lipinski definition) is 5.